The number of aromatic carboxylic acids is 1. The van der Waals surface area contributed by atoms with Crippen LogP contribution in [-0.4, -0.2) is 41.7 Å². The molecule has 2 aromatic rings. The second-order valence-electron chi connectivity index (χ2n) is 7.16. The SMILES string of the molecule is Cc1cc(-c2cccc(C(=O)NCC3(C)COC3)c2)nc(C)c1C(=O)O. The molecule has 2 heterocycles. The number of nitrogens with zero attached hydrogens (tertiary/aromatic N) is 1. The third kappa shape index (κ3) is 3.60. The maximum absolute atomic E-state index is 12.4. The molecule has 1 aliphatic heterocycles. The highest BCUT2D eigenvalue weighted by atomic mass is 16.5. The van der Waals surface area contributed by atoms with Crippen LogP contribution in [0.3, 0.4) is 0 Å². The van der Waals surface area contributed by atoms with Crippen LogP contribution in [0.1, 0.15) is 38.9 Å². The van der Waals surface area contributed by atoms with Crippen molar-refractivity contribution in [3.63, 3.8) is 0 Å². The summed E-state index contributed by atoms with van der Waals surface area (Å²) in [6.07, 6.45) is 0. The van der Waals surface area contributed by atoms with Crippen LogP contribution in [0.5, 0.6) is 0 Å². The van der Waals surface area contributed by atoms with Crippen LogP contribution in [0.15, 0.2) is 30.3 Å². The molecule has 1 aliphatic rings. The second kappa shape index (κ2) is 6.88. The summed E-state index contributed by atoms with van der Waals surface area (Å²) in [5, 5.41) is 12.2. The number of hydrogen-bond acceptors (Lipinski definition) is 4. The Kier molecular flexibility index (Phi) is 4.78. The molecule has 3 rings (SSSR count). The van der Waals surface area contributed by atoms with E-state index in [1.54, 1.807) is 38.1 Å². The Morgan fingerprint density at radius 2 is 2.00 bits per heavy atom. The quantitative estimate of drug-likeness (QED) is 0.862. The monoisotopic (exact) mass is 354 g/mol. The third-order valence-electron chi connectivity index (χ3n) is 4.61. The van der Waals surface area contributed by atoms with E-state index in [4.69, 9.17) is 4.74 Å². The van der Waals surface area contributed by atoms with E-state index in [2.05, 4.69) is 17.2 Å². The number of hydrogen-bond donors (Lipinski definition) is 2. The topological polar surface area (TPSA) is 88.5 Å². The molecule has 1 aromatic carbocycles. The smallest absolute Gasteiger partial charge is 0.337 e. The van der Waals surface area contributed by atoms with Gasteiger partial charge in [-0.05, 0) is 37.6 Å². The summed E-state index contributed by atoms with van der Waals surface area (Å²) < 4.78 is 5.20. The zero-order valence-corrected chi connectivity index (χ0v) is 15.1. The number of carboxylic acid groups (broad SMARTS) is 1. The molecule has 6 nitrogen and oxygen atoms in total. The summed E-state index contributed by atoms with van der Waals surface area (Å²) >= 11 is 0. The van der Waals surface area contributed by atoms with Gasteiger partial charge in [0.05, 0.1) is 30.2 Å². The van der Waals surface area contributed by atoms with Crippen LogP contribution < -0.4 is 5.32 Å². The number of benzene rings is 1. The minimum Gasteiger partial charge on any atom is -0.478 e. The first-order chi connectivity index (χ1) is 12.3. The highest BCUT2D eigenvalue weighted by molar-refractivity contribution is 5.95. The number of carboxylic acids is 1. The van der Waals surface area contributed by atoms with Crippen molar-refractivity contribution in [1.29, 1.82) is 0 Å². The van der Waals surface area contributed by atoms with Gasteiger partial charge in [0, 0.05) is 23.1 Å². The summed E-state index contributed by atoms with van der Waals surface area (Å²) in [5.41, 5.74) is 3.31. The molecule has 0 saturated carbocycles. The number of carbonyl (C=O) groups excluding carboxylic acids is 1. The van der Waals surface area contributed by atoms with Gasteiger partial charge in [-0.2, -0.15) is 0 Å². The molecule has 6 heteroatoms. The van der Waals surface area contributed by atoms with Crippen LogP contribution in [0.25, 0.3) is 11.3 Å². The van der Waals surface area contributed by atoms with E-state index in [0.29, 0.717) is 42.3 Å². The lowest BCUT2D eigenvalue weighted by molar-refractivity contribution is -0.0978. The number of ether oxygens (including phenoxy) is 1. The molecule has 0 aliphatic carbocycles. The number of aromatic nitrogens is 1. The first-order valence-corrected chi connectivity index (χ1v) is 8.47. The first kappa shape index (κ1) is 18.1. The Bertz CT molecular complexity index is 849. The lowest BCUT2D eigenvalue weighted by Gasteiger charge is -2.38. The molecular formula is C20H22N2O4. The lowest BCUT2D eigenvalue weighted by Crippen LogP contribution is -2.48. The summed E-state index contributed by atoms with van der Waals surface area (Å²) in [6.45, 7) is 7.39. The average molecular weight is 354 g/mol. The molecule has 2 N–H and O–H groups in total. The van der Waals surface area contributed by atoms with E-state index in [9.17, 15) is 14.7 Å². The summed E-state index contributed by atoms with van der Waals surface area (Å²) in [6, 6.07) is 8.93. The standard InChI is InChI=1S/C20H22N2O4/c1-12-7-16(22-13(2)17(12)19(24)25)14-5-4-6-15(8-14)18(23)21-9-20(3)10-26-11-20/h4-8H,9-11H2,1-3H3,(H,21,23)(H,24,25). The lowest BCUT2D eigenvalue weighted by atomic mass is 9.88. The van der Waals surface area contributed by atoms with Gasteiger partial charge in [-0.3, -0.25) is 9.78 Å². The normalized spacial score (nSPS) is 15.2. The van der Waals surface area contributed by atoms with Gasteiger partial charge in [-0.25, -0.2) is 4.79 Å². The largest absolute Gasteiger partial charge is 0.478 e. The van der Waals surface area contributed by atoms with Gasteiger partial charge >= 0.3 is 5.97 Å². The van der Waals surface area contributed by atoms with Gasteiger partial charge in [0.1, 0.15) is 0 Å². The van der Waals surface area contributed by atoms with E-state index in [1.807, 2.05) is 6.07 Å². The van der Waals surface area contributed by atoms with Crippen LogP contribution in [-0.2, 0) is 4.74 Å². The Hall–Kier alpha value is -2.73. The van der Waals surface area contributed by atoms with Crippen molar-refractivity contribution in [2.75, 3.05) is 19.8 Å². The van der Waals surface area contributed by atoms with Crippen molar-refractivity contribution in [2.45, 2.75) is 20.8 Å². The van der Waals surface area contributed by atoms with Gasteiger partial charge in [0.2, 0.25) is 0 Å². The van der Waals surface area contributed by atoms with E-state index in [-0.39, 0.29) is 16.9 Å². The molecule has 0 radical (unpaired) electrons. The van der Waals surface area contributed by atoms with Crippen molar-refractivity contribution in [3.05, 3.63) is 52.7 Å². The van der Waals surface area contributed by atoms with Crippen molar-refractivity contribution in [3.8, 4) is 11.3 Å². The molecule has 1 aromatic heterocycles. The summed E-state index contributed by atoms with van der Waals surface area (Å²) in [4.78, 5) is 28.2. The molecule has 26 heavy (non-hydrogen) atoms. The third-order valence-corrected chi connectivity index (χ3v) is 4.61. The van der Waals surface area contributed by atoms with E-state index >= 15 is 0 Å². The van der Waals surface area contributed by atoms with Crippen LogP contribution in [0.4, 0.5) is 0 Å². The van der Waals surface area contributed by atoms with Gasteiger partial charge in [-0.15, -0.1) is 0 Å². The van der Waals surface area contributed by atoms with E-state index in [1.165, 1.54) is 0 Å². The Morgan fingerprint density at radius 1 is 1.27 bits per heavy atom. The predicted molar refractivity (Wildman–Crippen MR) is 97.4 cm³/mol. The van der Waals surface area contributed by atoms with E-state index in [0.717, 1.165) is 5.56 Å². The maximum Gasteiger partial charge on any atom is 0.337 e. The van der Waals surface area contributed by atoms with Crippen molar-refractivity contribution in [2.24, 2.45) is 5.41 Å². The molecular weight excluding hydrogens is 332 g/mol. The minimum atomic E-state index is -0.986. The fraction of sp³-hybridized carbons (Fsp3) is 0.350. The number of pyridine rings is 1. The summed E-state index contributed by atoms with van der Waals surface area (Å²) in [5.74, 6) is -1.13. The van der Waals surface area contributed by atoms with Gasteiger partial charge in [-0.1, -0.05) is 19.1 Å². The number of amides is 1. The molecule has 136 valence electrons. The Balaban J connectivity index is 1.83. The van der Waals surface area contributed by atoms with E-state index < -0.39 is 5.97 Å². The van der Waals surface area contributed by atoms with Crippen LogP contribution in [0.2, 0.25) is 0 Å². The number of aryl methyl sites for hydroxylation is 2. The van der Waals surface area contributed by atoms with Crippen molar-refractivity contribution in [1.82, 2.24) is 10.3 Å². The number of nitrogens with one attached hydrogen (secondary N) is 1. The molecule has 1 amide bonds. The molecule has 0 atom stereocenters. The number of carbonyl (C=O) groups is 2. The first-order valence-electron chi connectivity index (χ1n) is 8.47. The Labute approximate surface area is 152 Å². The zero-order chi connectivity index (χ0) is 18.9. The maximum atomic E-state index is 12.4. The van der Waals surface area contributed by atoms with Crippen LogP contribution >= 0.6 is 0 Å². The highest BCUT2D eigenvalue weighted by Crippen LogP contribution is 2.26. The summed E-state index contributed by atoms with van der Waals surface area (Å²) in [7, 11) is 0. The predicted octanol–water partition coefficient (Wildman–Crippen LogP) is 2.83. The Morgan fingerprint density at radius 3 is 2.58 bits per heavy atom. The van der Waals surface area contributed by atoms with Gasteiger partial charge in [0.25, 0.3) is 5.91 Å². The van der Waals surface area contributed by atoms with Crippen LogP contribution in [0, 0.1) is 19.3 Å². The molecule has 0 bridgehead atoms. The molecule has 0 spiro atoms. The van der Waals surface area contributed by atoms with Crippen molar-refractivity contribution >= 4 is 11.9 Å². The fourth-order valence-electron chi connectivity index (χ4n) is 3.07. The molecule has 0 unspecified atom stereocenters. The second-order valence-corrected chi connectivity index (χ2v) is 7.16. The highest BCUT2D eigenvalue weighted by Gasteiger charge is 2.33. The van der Waals surface area contributed by atoms with Crippen molar-refractivity contribution < 1.29 is 19.4 Å². The molecule has 1 saturated heterocycles. The average Bonchev–Trinajstić information content (AvgIpc) is 2.57. The fourth-order valence-corrected chi connectivity index (χ4v) is 3.07. The molecule has 1 fully saturated rings. The van der Waals surface area contributed by atoms with Gasteiger partial charge in [0.15, 0.2) is 0 Å². The van der Waals surface area contributed by atoms with Gasteiger partial charge < -0.3 is 15.2 Å². The zero-order valence-electron chi connectivity index (χ0n) is 15.1. The number of rotatable bonds is 5. The minimum absolute atomic E-state index is 0.00964.